The standard InChI is InChI=1S/C22H34N4O2S.HI/c1-4-23-22(24-15-17(2)14-19-6-5-13-29-19)25-16-20(21-8-7-18(3)28-21)26-9-11-27-12-10-26;/h5-8,13,17,20H,4,9-12,14-16H2,1-3H3,(H2,23,24,25);1H. The third kappa shape index (κ3) is 7.86. The highest BCUT2D eigenvalue weighted by Crippen LogP contribution is 2.23. The molecule has 1 fully saturated rings. The van der Waals surface area contributed by atoms with Gasteiger partial charge in [0.2, 0.25) is 0 Å². The Morgan fingerprint density at radius 3 is 2.67 bits per heavy atom. The highest BCUT2D eigenvalue weighted by atomic mass is 127. The van der Waals surface area contributed by atoms with Gasteiger partial charge in [-0.25, -0.2) is 0 Å². The van der Waals surface area contributed by atoms with Crippen molar-refractivity contribution in [2.45, 2.75) is 33.2 Å². The summed E-state index contributed by atoms with van der Waals surface area (Å²) in [7, 11) is 0. The van der Waals surface area contributed by atoms with E-state index in [4.69, 9.17) is 14.1 Å². The lowest BCUT2D eigenvalue weighted by molar-refractivity contribution is 0.0124. The lowest BCUT2D eigenvalue weighted by atomic mass is 10.1. The number of morpholine rings is 1. The van der Waals surface area contributed by atoms with Crippen molar-refractivity contribution in [1.82, 2.24) is 15.5 Å². The molecule has 168 valence electrons. The van der Waals surface area contributed by atoms with Gasteiger partial charge in [0.1, 0.15) is 11.5 Å². The molecule has 8 heteroatoms. The van der Waals surface area contributed by atoms with Crippen LogP contribution in [-0.4, -0.2) is 56.8 Å². The molecule has 0 amide bonds. The zero-order valence-electron chi connectivity index (χ0n) is 18.2. The van der Waals surface area contributed by atoms with Crippen molar-refractivity contribution in [3.05, 3.63) is 46.0 Å². The summed E-state index contributed by atoms with van der Waals surface area (Å²) in [5, 5.41) is 9.06. The van der Waals surface area contributed by atoms with Crippen LogP contribution >= 0.6 is 35.3 Å². The lowest BCUT2D eigenvalue weighted by Crippen LogP contribution is -2.46. The van der Waals surface area contributed by atoms with Crippen LogP contribution in [0, 0.1) is 12.8 Å². The molecule has 2 N–H and O–H groups in total. The molecule has 2 aromatic rings. The predicted octanol–water partition coefficient (Wildman–Crippen LogP) is 4.07. The molecule has 0 saturated carbocycles. The van der Waals surface area contributed by atoms with Gasteiger partial charge in [-0.1, -0.05) is 13.0 Å². The van der Waals surface area contributed by atoms with E-state index in [1.54, 1.807) is 0 Å². The molecule has 1 aliphatic rings. The number of nitrogens with one attached hydrogen (secondary N) is 2. The number of guanidine groups is 1. The SMILES string of the molecule is CCNC(=NCC(C)Cc1cccs1)NCC(c1ccc(C)o1)N1CCOCC1.I. The third-order valence-corrected chi connectivity index (χ3v) is 5.97. The molecule has 2 aromatic heterocycles. The molecule has 3 heterocycles. The van der Waals surface area contributed by atoms with Gasteiger partial charge < -0.3 is 19.8 Å². The Hall–Kier alpha value is -1.10. The molecule has 2 unspecified atom stereocenters. The van der Waals surface area contributed by atoms with Crippen molar-refractivity contribution >= 4 is 41.3 Å². The zero-order valence-corrected chi connectivity index (χ0v) is 21.4. The van der Waals surface area contributed by atoms with Gasteiger partial charge in [-0.3, -0.25) is 9.89 Å². The van der Waals surface area contributed by atoms with Crippen molar-refractivity contribution in [3.8, 4) is 0 Å². The van der Waals surface area contributed by atoms with Crippen LogP contribution in [0.3, 0.4) is 0 Å². The predicted molar refractivity (Wildman–Crippen MR) is 135 cm³/mol. The Kier molecular flexibility index (Phi) is 11.2. The minimum atomic E-state index is 0. The van der Waals surface area contributed by atoms with Crippen molar-refractivity contribution in [3.63, 3.8) is 0 Å². The number of thiophene rings is 1. The van der Waals surface area contributed by atoms with Gasteiger partial charge >= 0.3 is 0 Å². The first-order chi connectivity index (χ1) is 14.2. The molecule has 6 nitrogen and oxygen atoms in total. The van der Waals surface area contributed by atoms with Crippen molar-refractivity contribution in [1.29, 1.82) is 0 Å². The van der Waals surface area contributed by atoms with Crippen LogP contribution in [0.25, 0.3) is 0 Å². The van der Waals surface area contributed by atoms with Crippen molar-refractivity contribution in [2.75, 3.05) is 45.9 Å². The summed E-state index contributed by atoms with van der Waals surface area (Å²) in [4.78, 5) is 8.69. The fraction of sp³-hybridized carbons (Fsp3) is 0.591. The van der Waals surface area contributed by atoms with Crippen LogP contribution in [-0.2, 0) is 11.2 Å². The summed E-state index contributed by atoms with van der Waals surface area (Å²) in [6.07, 6.45) is 1.07. The van der Waals surface area contributed by atoms with Crippen LogP contribution in [0.15, 0.2) is 39.1 Å². The molecule has 30 heavy (non-hydrogen) atoms. The number of hydrogen-bond donors (Lipinski definition) is 2. The molecular weight excluding hydrogens is 511 g/mol. The molecule has 0 aliphatic carbocycles. The number of ether oxygens (including phenoxy) is 1. The largest absolute Gasteiger partial charge is 0.465 e. The van der Waals surface area contributed by atoms with Gasteiger partial charge in [0.05, 0.1) is 19.3 Å². The molecule has 2 atom stereocenters. The van der Waals surface area contributed by atoms with Crippen LogP contribution < -0.4 is 10.6 Å². The Morgan fingerprint density at radius 1 is 1.23 bits per heavy atom. The van der Waals surface area contributed by atoms with Gasteiger partial charge in [0.15, 0.2) is 5.96 Å². The normalized spacial score (nSPS) is 17.2. The average Bonchev–Trinajstić information content (AvgIpc) is 3.39. The minimum absolute atomic E-state index is 0. The molecular formula is C22H35IN4O2S. The highest BCUT2D eigenvalue weighted by Gasteiger charge is 2.25. The maximum absolute atomic E-state index is 5.97. The second kappa shape index (κ2) is 13.3. The fourth-order valence-corrected chi connectivity index (χ4v) is 4.42. The summed E-state index contributed by atoms with van der Waals surface area (Å²) < 4.78 is 11.5. The van der Waals surface area contributed by atoms with Gasteiger partial charge in [-0.05, 0) is 49.8 Å². The van der Waals surface area contributed by atoms with Gasteiger partial charge in [0, 0.05) is 37.6 Å². The number of halogens is 1. The van der Waals surface area contributed by atoms with Crippen LogP contribution in [0.2, 0.25) is 0 Å². The van der Waals surface area contributed by atoms with Gasteiger partial charge in [-0.2, -0.15) is 0 Å². The Balaban J connectivity index is 0.00000320. The number of hydrogen-bond acceptors (Lipinski definition) is 5. The summed E-state index contributed by atoms with van der Waals surface area (Å²) in [6, 6.07) is 8.61. The molecule has 3 rings (SSSR count). The summed E-state index contributed by atoms with van der Waals surface area (Å²) >= 11 is 1.82. The molecule has 0 bridgehead atoms. The van der Waals surface area contributed by atoms with Gasteiger partial charge in [0.25, 0.3) is 0 Å². The first-order valence-electron chi connectivity index (χ1n) is 10.6. The number of rotatable bonds is 9. The highest BCUT2D eigenvalue weighted by molar-refractivity contribution is 14.0. The van der Waals surface area contributed by atoms with E-state index in [1.807, 2.05) is 24.3 Å². The first kappa shape index (κ1) is 25.2. The van der Waals surface area contributed by atoms with E-state index in [2.05, 4.69) is 53.0 Å². The molecule has 1 aliphatic heterocycles. The number of aryl methyl sites for hydroxylation is 1. The number of nitrogens with zero attached hydrogens (tertiary/aromatic N) is 2. The van der Waals surface area contributed by atoms with E-state index < -0.39 is 0 Å². The second-order valence-corrected chi connectivity index (χ2v) is 8.63. The van der Waals surface area contributed by atoms with E-state index in [9.17, 15) is 0 Å². The first-order valence-corrected chi connectivity index (χ1v) is 11.5. The zero-order chi connectivity index (χ0) is 20.5. The number of furan rings is 1. The minimum Gasteiger partial charge on any atom is -0.465 e. The quantitative estimate of drug-likeness (QED) is 0.282. The maximum atomic E-state index is 5.97. The second-order valence-electron chi connectivity index (χ2n) is 7.60. The summed E-state index contributed by atoms with van der Waals surface area (Å²) in [5.74, 6) is 3.32. The van der Waals surface area contributed by atoms with Crippen molar-refractivity contribution < 1.29 is 9.15 Å². The summed E-state index contributed by atoms with van der Waals surface area (Å²) in [5.41, 5.74) is 0. The Labute approximate surface area is 201 Å². The van der Waals surface area contributed by atoms with E-state index in [-0.39, 0.29) is 30.0 Å². The molecule has 0 radical (unpaired) electrons. The van der Waals surface area contributed by atoms with Crippen LogP contribution in [0.1, 0.15) is 36.3 Å². The lowest BCUT2D eigenvalue weighted by Gasteiger charge is -2.33. The fourth-order valence-electron chi connectivity index (χ4n) is 3.55. The number of aliphatic imine (C=N–C) groups is 1. The Bertz CT molecular complexity index is 744. The molecule has 0 spiro atoms. The van der Waals surface area contributed by atoms with E-state index >= 15 is 0 Å². The Morgan fingerprint density at radius 2 is 2.03 bits per heavy atom. The monoisotopic (exact) mass is 546 g/mol. The summed E-state index contributed by atoms with van der Waals surface area (Å²) in [6.45, 7) is 12.1. The smallest absolute Gasteiger partial charge is 0.191 e. The topological polar surface area (TPSA) is 62.0 Å². The van der Waals surface area contributed by atoms with E-state index in [1.165, 1.54) is 4.88 Å². The van der Waals surface area contributed by atoms with Gasteiger partial charge in [-0.15, -0.1) is 35.3 Å². The van der Waals surface area contributed by atoms with E-state index in [0.29, 0.717) is 5.92 Å². The molecule has 1 saturated heterocycles. The maximum Gasteiger partial charge on any atom is 0.191 e. The van der Waals surface area contributed by atoms with E-state index in [0.717, 1.165) is 69.8 Å². The third-order valence-electron chi connectivity index (χ3n) is 5.07. The van der Waals surface area contributed by atoms with Crippen LogP contribution in [0.5, 0.6) is 0 Å². The van der Waals surface area contributed by atoms with Crippen molar-refractivity contribution in [2.24, 2.45) is 10.9 Å². The molecule has 0 aromatic carbocycles. The van der Waals surface area contributed by atoms with Crippen LogP contribution in [0.4, 0.5) is 0 Å². The average molecular weight is 547 g/mol.